The van der Waals surface area contributed by atoms with Crippen LogP contribution in [-0.2, 0) is 87.5 Å². The first-order valence-electron chi connectivity index (χ1n) is 43.5. The second-order valence-corrected chi connectivity index (χ2v) is 37.5. The second kappa shape index (κ2) is 41.3. The molecule has 0 spiro atoms. The summed E-state index contributed by atoms with van der Waals surface area (Å²) in [5.74, 6) is -11.0. The van der Waals surface area contributed by atoms with Gasteiger partial charge in [0.2, 0.25) is 41.4 Å². The lowest BCUT2D eigenvalue weighted by Gasteiger charge is -2.49. The van der Waals surface area contributed by atoms with Gasteiger partial charge in [0.05, 0.1) is 47.6 Å². The van der Waals surface area contributed by atoms with Crippen LogP contribution < -0.4 is 26.6 Å². The van der Waals surface area contributed by atoms with Crippen molar-refractivity contribution in [3.8, 4) is 0 Å². The van der Waals surface area contributed by atoms with Crippen molar-refractivity contribution < 1.29 is 107 Å². The Morgan fingerprint density at radius 3 is 2.03 bits per heavy atom. The van der Waals surface area contributed by atoms with E-state index in [9.17, 15) is 44.7 Å². The van der Waals surface area contributed by atoms with E-state index in [1.54, 1.807) is 97.5 Å². The van der Waals surface area contributed by atoms with Gasteiger partial charge < -0.3 is 105 Å². The van der Waals surface area contributed by atoms with Crippen LogP contribution >= 0.6 is 11.8 Å². The van der Waals surface area contributed by atoms with Gasteiger partial charge in [-0.25, -0.2) is 4.79 Å². The number of fused-ring (bicyclic) bond motifs is 5. The summed E-state index contributed by atoms with van der Waals surface area (Å²) in [4.78, 5) is 156. The minimum absolute atomic E-state index is 0.00191. The maximum absolute atomic E-state index is 15.9. The fourth-order valence-corrected chi connectivity index (χ4v) is 21.2. The Balaban J connectivity index is 0.877. The third-order valence-corrected chi connectivity index (χ3v) is 28.6. The number of aryl methyl sites for hydroxylation is 1. The number of nitrogens with zero attached hydrogens (tertiary/aromatic N) is 4. The van der Waals surface area contributed by atoms with Crippen molar-refractivity contribution in [2.75, 3.05) is 65.7 Å². The average Bonchev–Trinajstić information content (AvgIpc) is 0.788. The van der Waals surface area contributed by atoms with Crippen LogP contribution in [-0.4, -0.2) is 296 Å². The number of carbonyl (C=O) groups excluding carboxylic acids is 10. The number of benzene rings is 2. The lowest BCUT2D eigenvalue weighted by Crippen LogP contribution is -2.63. The topological polar surface area (TPSA) is 410 Å². The zero-order valence-electron chi connectivity index (χ0n) is 72.9. The molecule has 9 heterocycles. The third kappa shape index (κ3) is 22.5. The van der Waals surface area contributed by atoms with E-state index in [0.29, 0.717) is 30.1 Å². The molecule has 2 bridgehead atoms. The summed E-state index contributed by atoms with van der Waals surface area (Å²) in [5, 5.41) is 75.8. The lowest BCUT2D eigenvalue weighted by atomic mass is 9.72. The normalized spacial score (nSPS) is 39.4. The van der Waals surface area contributed by atoms with E-state index in [1.807, 2.05) is 52.0 Å². The van der Waals surface area contributed by atoms with Crippen molar-refractivity contribution in [1.29, 1.82) is 0 Å². The molecule has 9 aliphatic heterocycles. The van der Waals surface area contributed by atoms with Crippen molar-refractivity contribution in [3.05, 3.63) is 71.3 Å². The van der Waals surface area contributed by atoms with Crippen molar-refractivity contribution >= 4 is 70.8 Å². The van der Waals surface area contributed by atoms with E-state index < -0.39 is 223 Å². The summed E-state index contributed by atoms with van der Waals surface area (Å²) >= 11 is 1.71. The number of hydrogen-bond acceptors (Lipinski definition) is 25. The summed E-state index contributed by atoms with van der Waals surface area (Å²) < 4.78 is 44.3. The molecule has 0 saturated carbocycles. The Bertz CT molecular complexity index is 3860. The van der Waals surface area contributed by atoms with Crippen LogP contribution in [0, 0.1) is 48.3 Å². The zero-order valence-corrected chi connectivity index (χ0v) is 73.7. The highest BCUT2D eigenvalue weighted by molar-refractivity contribution is 8.00. The smallest absolute Gasteiger partial charge is 0.333 e. The molecule has 32 heteroatoms. The van der Waals surface area contributed by atoms with E-state index in [4.69, 9.17) is 33.2 Å². The number of ketones is 1. The summed E-state index contributed by atoms with van der Waals surface area (Å²) in [5.41, 5.74) is -3.24. The van der Waals surface area contributed by atoms with Gasteiger partial charge in [0.25, 0.3) is 0 Å². The van der Waals surface area contributed by atoms with Gasteiger partial charge in [0, 0.05) is 114 Å². The molecular formula is C88H135N9O22S. The minimum Gasteiger partial charge on any atom is -0.459 e. The quantitative estimate of drug-likeness (QED) is 0.0625. The molecule has 10 N–H and O–H groups in total. The fourth-order valence-electron chi connectivity index (χ4n) is 19.5. The van der Waals surface area contributed by atoms with Gasteiger partial charge in [-0.05, 0) is 149 Å². The van der Waals surface area contributed by atoms with Crippen LogP contribution in [0.2, 0.25) is 0 Å². The fraction of sp³-hybridized carbons (Fsp3) is 0.750. The molecule has 120 heavy (non-hydrogen) atoms. The zero-order chi connectivity index (χ0) is 87.7. The van der Waals surface area contributed by atoms with Crippen molar-refractivity contribution in [2.45, 2.75) is 312 Å². The monoisotopic (exact) mass is 1700 g/mol. The Hall–Kier alpha value is -6.79. The highest BCUT2D eigenvalue weighted by Gasteiger charge is 2.55. The lowest BCUT2D eigenvalue weighted by molar-refractivity contribution is -0.318. The molecule has 670 valence electrons. The Morgan fingerprint density at radius 1 is 0.700 bits per heavy atom. The standard InChI is InChI=1S/C88H135N9O22S/c1-17-60-80(106)96-36-22-25-61(96)81(107)94(15)63(40-56-28-26-47(3)27-29-56)82(108)97-44-59(46-120-65-45-95-37-32-57(65)33-38-95)64(98)41-62(97)78(104)93-72(58-23-20-19-21-24-58)84(110)116-54(10)71(79(105)91-60)92-68(100)31-30-67(99)89-34-35-90-70-49(5)42-86(12,111)77(119-85-73(101)48(4)39-50(6)114-85)52(8)74(118-69-43-87(13,113-16)76(103)55(11)115-69)53(9)83(109)117-66(18-2)88(14,112)75(102)51(70)7/h19-21,23-24,26-29,48-55,57,59-63,65-66,69-77,85,90,101-103,111-112H,17-18,22,25,30-46H2,1-16H3,(H,89,99)(H,91,105)(H,92,100)(H,93,104)/t48?,49-,50?,51+,52?,53-,54-,55?,59+,60?,61+,62+,63+,65?,66-,69?,70+,71+,72+,73?,74+,75-,76?,77-,85?,86-,87?,88-/m1/s1. The van der Waals surface area contributed by atoms with Crippen molar-refractivity contribution in [2.24, 2.45) is 41.4 Å². The highest BCUT2D eigenvalue weighted by Crippen LogP contribution is 2.44. The van der Waals surface area contributed by atoms with E-state index in [-0.39, 0.29) is 93.3 Å². The van der Waals surface area contributed by atoms with Gasteiger partial charge >= 0.3 is 11.9 Å². The van der Waals surface area contributed by atoms with E-state index in [0.717, 1.165) is 38.0 Å². The number of methoxy groups -OCH3 is 1. The molecule has 11 rings (SSSR count). The van der Waals surface area contributed by atoms with E-state index >= 15 is 28.8 Å². The molecule has 2 aromatic carbocycles. The number of carbonyl (C=O) groups is 10. The molecule has 9 saturated heterocycles. The Kier molecular flexibility index (Phi) is 32.9. The van der Waals surface area contributed by atoms with Gasteiger partial charge in [0.15, 0.2) is 18.6 Å². The van der Waals surface area contributed by atoms with E-state index in [1.165, 1.54) is 42.7 Å². The molecular weight excluding hydrogens is 1570 g/mol. The SMILES string of the molecule is CCC1NC(=O)[C@@H](NC(=O)CCC(=O)NCCN[C@@H]2[C@H](C)[C@@H](O)[C@](C)(O)[C@@H](CC)OC(=O)[C@H](C)[C@@H](OC3CC(C)(OC)C(O)C(C)O3)C(C)[C@@H](OC3OC(C)CC(C)C3O)[C@](C)(O)C[C@H]2C)[C@@H](C)OC(=O)[C@H](c2ccccc2)NC(=O)[C@@H]2CC(=O)[C@H](CSC3CN4CCC3CC4)CN2C(=O)[C@H](Cc2ccc(C)cc2)N(C)C(=O)[C@@H]2CCCN2C1=O. The van der Waals surface area contributed by atoms with Gasteiger partial charge in [-0.2, -0.15) is 11.8 Å². The predicted octanol–water partition coefficient (Wildman–Crippen LogP) is 3.94. The number of amides is 7. The van der Waals surface area contributed by atoms with Crippen LogP contribution in [0.3, 0.4) is 0 Å². The molecule has 31 nitrogen and oxygen atoms in total. The first kappa shape index (κ1) is 95.4. The summed E-state index contributed by atoms with van der Waals surface area (Å²) in [6.45, 7) is 26.3. The van der Waals surface area contributed by atoms with Crippen molar-refractivity contribution in [1.82, 2.24) is 46.2 Å². The maximum atomic E-state index is 15.9. The molecule has 9 fully saturated rings. The summed E-state index contributed by atoms with van der Waals surface area (Å²) in [6, 6.07) is 6.22. The van der Waals surface area contributed by atoms with Gasteiger partial charge in [0.1, 0.15) is 66.0 Å². The summed E-state index contributed by atoms with van der Waals surface area (Å²) in [7, 11) is 2.96. The second-order valence-electron chi connectivity index (χ2n) is 36.2. The van der Waals surface area contributed by atoms with Crippen LogP contribution in [0.4, 0.5) is 0 Å². The largest absolute Gasteiger partial charge is 0.459 e. The van der Waals surface area contributed by atoms with Crippen LogP contribution in [0.25, 0.3) is 0 Å². The molecule has 0 aromatic heterocycles. The number of thioether (sulfide) groups is 1. The molecule has 28 atom stereocenters. The molecule has 7 amide bonds. The molecule has 0 radical (unpaired) electrons. The highest BCUT2D eigenvalue weighted by atomic mass is 32.2. The number of esters is 2. The predicted molar refractivity (Wildman–Crippen MR) is 444 cm³/mol. The number of aliphatic hydroxyl groups excluding tert-OH is 3. The van der Waals surface area contributed by atoms with Crippen molar-refractivity contribution in [3.63, 3.8) is 0 Å². The number of hydrogen-bond donors (Lipinski definition) is 10. The number of piperidine rings is 4. The van der Waals surface area contributed by atoms with Gasteiger partial charge in [-0.15, -0.1) is 0 Å². The number of ether oxygens (including phenoxy) is 7. The molecule has 11 unspecified atom stereocenters. The Morgan fingerprint density at radius 2 is 1.38 bits per heavy atom. The maximum Gasteiger partial charge on any atom is 0.333 e. The molecule has 9 aliphatic rings. The Labute approximate surface area is 710 Å². The number of aliphatic hydroxyl groups is 5. The van der Waals surface area contributed by atoms with Crippen LogP contribution in [0.5, 0.6) is 0 Å². The number of rotatable bonds is 21. The van der Waals surface area contributed by atoms with E-state index in [2.05, 4.69) is 31.5 Å². The first-order chi connectivity index (χ1) is 56.7. The summed E-state index contributed by atoms with van der Waals surface area (Å²) in [6.07, 6.45) is -10.8. The number of cyclic esters (lactones) is 2. The number of nitrogens with one attached hydrogen (secondary N) is 5. The molecule has 0 aliphatic carbocycles. The van der Waals surface area contributed by atoms with Gasteiger partial charge in [-0.1, -0.05) is 102 Å². The minimum atomic E-state index is -2.09. The average molecular weight is 1700 g/mol. The third-order valence-electron chi connectivity index (χ3n) is 27.0. The molecule has 2 aromatic rings. The number of Topliss-reactive ketones (excluding diaryl/α,β-unsaturated/α-hetero) is 1. The van der Waals surface area contributed by atoms with Crippen LogP contribution in [0.15, 0.2) is 54.6 Å². The van der Waals surface area contributed by atoms with Crippen LogP contribution in [0.1, 0.15) is 190 Å². The van der Waals surface area contributed by atoms with Gasteiger partial charge in [-0.3, -0.25) is 43.2 Å². The number of likely N-dealkylation sites (N-methyl/N-ethyl adjacent to an activating group) is 1. The first-order valence-corrected chi connectivity index (χ1v) is 44.6.